The highest BCUT2D eigenvalue weighted by Gasteiger charge is 2.28. The van der Waals surface area contributed by atoms with Crippen molar-refractivity contribution in [3.63, 3.8) is 0 Å². The summed E-state index contributed by atoms with van der Waals surface area (Å²) in [5.41, 5.74) is 3.24. The van der Waals surface area contributed by atoms with Gasteiger partial charge in [0.1, 0.15) is 0 Å². The number of benzene rings is 2. The van der Waals surface area contributed by atoms with Gasteiger partial charge in [0.05, 0.1) is 24.2 Å². The Hall–Kier alpha value is -2.22. The van der Waals surface area contributed by atoms with Crippen molar-refractivity contribution >= 4 is 15.9 Å². The molecule has 0 saturated carbocycles. The molecule has 0 aliphatic carbocycles. The average Bonchev–Trinajstić information content (AvgIpc) is 2.74. The fourth-order valence-electron chi connectivity index (χ4n) is 3.58. The number of hydrogen-bond donors (Lipinski definition) is 1. The molecule has 0 aromatic heterocycles. The number of ether oxygens (including phenoxy) is 1. The minimum atomic E-state index is -3.67. The van der Waals surface area contributed by atoms with Crippen molar-refractivity contribution in [3.8, 4) is 0 Å². The number of amides is 1. The Kier molecular flexibility index (Phi) is 6.88. The van der Waals surface area contributed by atoms with E-state index < -0.39 is 10.0 Å². The Morgan fingerprint density at radius 3 is 2.26 bits per heavy atom. The molecule has 31 heavy (non-hydrogen) atoms. The fraction of sp³-hybridized carbons (Fsp3) is 0.458. The fourth-order valence-corrected chi connectivity index (χ4v) is 5.24. The van der Waals surface area contributed by atoms with Gasteiger partial charge in [-0.1, -0.05) is 51.1 Å². The van der Waals surface area contributed by atoms with Crippen LogP contribution in [0, 0.1) is 6.92 Å². The third-order valence-electron chi connectivity index (χ3n) is 5.66. The number of hydrogen-bond acceptors (Lipinski definition) is 4. The van der Waals surface area contributed by atoms with Gasteiger partial charge in [-0.15, -0.1) is 0 Å². The molecule has 7 heteroatoms. The molecule has 1 aliphatic heterocycles. The van der Waals surface area contributed by atoms with Crippen LogP contribution in [0.3, 0.4) is 0 Å². The van der Waals surface area contributed by atoms with E-state index in [1.54, 1.807) is 19.1 Å². The number of carbonyl (C=O) groups is 1. The number of nitrogens with zero attached hydrogens (tertiary/aromatic N) is 1. The van der Waals surface area contributed by atoms with Gasteiger partial charge in [0, 0.05) is 18.7 Å². The lowest BCUT2D eigenvalue weighted by atomic mass is 9.86. The summed E-state index contributed by atoms with van der Waals surface area (Å²) < 4.78 is 32.8. The second kappa shape index (κ2) is 9.10. The summed E-state index contributed by atoms with van der Waals surface area (Å²) in [6, 6.07) is 12.8. The molecule has 1 saturated heterocycles. The number of morpholine rings is 1. The second-order valence-electron chi connectivity index (χ2n) is 9.06. The molecular formula is C24H32N2O4S. The summed E-state index contributed by atoms with van der Waals surface area (Å²) in [5.74, 6) is -0.300. The van der Waals surface area contributed by atoms with Gasteiger partial charge in [-0.05, 0) is 48.1 Å². The molecule has 3 rings (SSSR count). The SMILES string of the molecule is Cc1ccc(C(=O)N[C@@H](C)c2ccc(C(C)(C)C)cc2)cc1S(=O)(=O)N1CCOCC1. The van der Waals surface area contributed by atoms with E-state index in [2.05, 4.69) is 38.2 Å². The molecule has 0 unspecified atom stereocenters. The minimum absolute atomic E-state index is 0.0648. The smallest absolute Gasteiger partial charge is 0.251 e. The lowest BCUT2D eigenvalue weighted by molar-refractivity contribution is 0.0730. The lowest BCUT2D eigenvalue weighted by Crippen LogP contribution is -2.41. The molecule has 1 N–H and O–H groups in total. The first kappa shape index (κ1) is 23.4. The molecule has 1 atom stereocenters. The number of sulfonamides is 1. The van der Waals surface area contributed by atoms with Crippen molar-refractivity contribution < 1.29 is 17.9 Å². The average molecular weight is 445 g/mol. The molecule has 1 aliphatic rings. The van der Waals surface area contributed by atoms with E-state index in [1.165, 1.54) is 15.9 Å². The van der Waals surface area contributed by atoms with Crippen LogP contribution in [0.25, 0.3) is 0 Å². The van der Waals surface area contributed by atoms with Crippen LogP contribution < -0.4 is 5.32 Å². The second-order valence-corrected chi connectivity index (χ2v) is 11.0. The lowest BCUT2D eigenvalue weighted by Gasteiger charge is -2.27. The first-order valence-electron chi connectivity index (χ1n) is 10.6. The standard InChI is InChI=1S/C24H32N2O4S/c1-17-6-7-20(16-22(17)31(28,29)26-12-14-30-15-13-26)23(27)25-18(2)19-8-10-21(11-9-19)24(3,4)5/h6-11,16,18H,12-15H2,1-5H3,(H,25,27)/t18-/m0/s1. The molecule has 1 amide bonds. The molecule has 1 fully saturated rings. The predicted molar refractivity (Wildman–Crippen MR) is 122 cm³/mol. The molecule has 0 bridgehead atoms. The van der Waals surface area contributed by atoms with Gasteiger partial charge in [-0.3, -0.25) is 4.79 Å². The zero-order chi connectivity index (χ0) is 22.8. The van der Waals surface area contributed by atoms with Crippen molar-refractivity contribution in [3.05, 3.63) is 64.7 Å². The van der Waals surface area contributed by atoms with Crippen LogP contribution in [-0.2, 0) is 20.2 Å². The predicted octanol–water partition coefficient (Wildman–Crippen LogP) is 3.80. The van der Waals surface area contributed by atoms with E-state index in [4.69, 9.17) is 4.74 Å². The van der Waals surface area contributed by atoms with Gasteiger partial charge in [0.25, 0.3) is 5.91 Å². The Balaban J connectivity index is 1.78. The quantitative estimate of drug-likeness (QED) is 0.761. The van der Waals surface area contributed by atoms with E-state index >= 15 is 0 Å². The Morgan fingerprint density at radius 2 is 1.68 bits per heavy atom. The van der Waals surface area contributed by atoms with Crippen LogP contribution in [0.5, 0.6) is 0 Å². The van der Waals surface area contributed by atoms with Crippen molar-refractivity contribution in [1.82, 2.24) is 9.62 Å². The van der Waals surface area contributed by atoms with E-state index in [0.29, 0.717) is 37.4 Å². The van der Waals surface area contributed by atoms with E-state index in [1.807, 2.05) is 19.1 Å². The third-order valence-corrected chi connectivity index (χ3v) is 7.70. The van der Waals surface area contributed by atoms with Gasteiger partial charge in [0.2, 0.25) is 10.0 Å². The highest BCUT2D eigenvalue weighted by atomic mass is 32.2. The number of aryl methyl sites for hydroxylation is 1. The monoisotopic (exact) mass is 444 g/mol. The molecule has 2 aromatic rings. The van der Waals surface area contributed by atoms with Crippen LogP contribution in [0.15, 0.2) is 47.4 Å². The van der Waals surface area contributed by atoms with Gasteiger partial charge in [-0.25, -0.2) is 8.42 Å². The number of carbonyl (C=O) groups excluding carboxylic acids is 1. The van der Waals surface area contributed by atoms with Crippen molar-refractivity contribution in [2.45, 2.75) is 51.0 Å². The molecule has 6 nitrogen and oxygen atoms in total. The highest BCUT2D eigenvalue weighted by Crippen LogP contribution is 2.25. The van der Waals surface area contributed by atoms with Crippen LogP contribution in [0.1, 0.15) is 60.8 Å². The topological polar surface area (TPSA) is 75.7 Å². The minimum Gasteiger partial charge on any atom is -0.379 e. The molecule has 0 radical (unpaired) electrons. The number of nitrogens with one attached hydrogen (secondary N) is 1. The van der Waals surface area contributed by atoms with Gasteiger partial charge in [-0.2, -0.15) is 4.31 Å². The summed E-state index contributed by atoms with van der Waals surface area (Å²) in [4.78, 5) is 13.1. The summed E-state index contributed by atoms with van der Waals surface area (Å²) >= 11 is 0. The molecular weight excluding hydrogens is 412 g/mol. The Morgan fingerprint density at radius 1 is 1.06 bits per heavy atom. The first-order chi connectivity index (χ1) is 14.5. The van der Waals surface area contributed by atoms with E-state index in [-0.39, 0.29) is 22.3 Å². The maximum atomic E-state index is 13.1. The van der Waals surface area contributed by atoms with Crippen LogP contribution >= 0.6 is 0 Å². The van der Waals surface area contributed by atoms with Crippen LogP contribution in [-0.4, -0.2) is 44.9 Å². The zero-order valence-electron chi connectivity index (χ0n) is 18.9. The maximum Gasteiger partial charge on any atom is 0.251 e. The maximum absolute atomic E-state index is 13.1. The Labute approximate surface area is 185 Å². The van der Waals surface area contributed by atoms with Crippen molar-refractivity contribution in [1.29, 1.82) is 0 Å². The van der Waals surface area contributed by atoms with Gasteiger partial charge < -0.3 is 10.1 Å². The third kappa shape index (κ3) is 5.34. The normalized spacial score (nSPS) is 16.7. The molecule has 168 valence electrons. The van der Waals surface area contributed by atoms with Crippen LogP contribution in [0.4, 0.5) is 0 Å². The summed E-state index contributed by atoms with van der Waals surface area (Å²) in [6.07, 6.45) is 0. The largest absolute Gasteiger partial charge is 0.379 e. The van der Waals surface area contributed by atoms with E-state index in [9.17, 15) is 13.2 Å². The Bertz CT molecular complexity index is 1030. The first-order valence-corrected chi connectivity index (χ1v) is 12.0. The van der Waals surface area contributed by atoms with Gasteiger partial charge >= 0.3 is 0 Å². The summed E-state index contributed by atoms with van der Waals surface area (Å²) in [7, 11) is -3.67. The molecule has 2 aromatic carbocycles. The summed E-state index contributed by atoms with van der Waals surface area (Å²) in [6.45, 7) is 11.5. The molecule has 0 spiro atoms. The zero-order valence-corrected chi connectivity index (χ0v) is 19.8. The highest BCUT2D eigenvalue weighted by molar-refractivity contribution is 7.89. The van der Waals surface area contributed by atoms with Gasteiger partial charge in [0.15, 0.2) is 0 Å². The summed E-state index contributed by atoms with van der Waals surface area (Å²) in [5, 5.41) is 2.98. The van der Waals surface area contributed by atoms with Crippen molar-refractivity contribution in [2.75, 3.05) is 26.3 Å². The van der Waals surface area contributed by atoms with Crippen molar-refractivity contribution in [2.24, 2.45) is 0 Å². The number of rotatable bonds is 5. The molecule has 1 heterocycles. The van der Waals surface area contributed by atoms with E-state index in [0.717, 1.165) is 5.56 Å². The van der Waals surface area contributed by atoms with Crippen LogP contribution in [0.2, 0.25) is 0 Å².